The Kier molecular flexibility index (Phi) is 8.61. The van der Waals surface area contributed by atoms with Crippen molar-refractivity contribution in [1.82, 2.24) is 25.5 Å². The fraction of sp³-hybridized carbons (Fsp3) is 0.367. The molecule has 41 heavy (non-hydrogen) atoms. The minimum atomic E-state index is -0.499. The first-order chi connectivity index (χ1) is 19.9. The van der Waals surface area contributed by atoms with E-state index in [1.54, 1.807) is 36.2 Å². The molecule has 8 rings (SSSR count). The number of aryl methyl sites for hydroxylation is 2. The predicted octanol–water partition coefficient (Wildman–Crippen LogP) is 2.21. The van der Waals surface area contributed by atoms with Gasteiger partial charge in [-0.1, -0.05) is 18.2 Å². The Labute approximate surface area is 238 Å². The van der Waals surface area contributed by atoms with Crippen LogP contribution in [0, 0.1) is 6.92 Å². The van der Waals surface area contributed by atoms with E-state index in [1.807, 2.05) is 30.3 Å². The molecule has 1 saturated heterocycles. The van der Waals surface area contributed by atoms with E-state index in [-0.39, 0.29) is 37.0 Å². The second-order valence-electron chi connectivity index (χ2n) is 10.1. The number of piperidine rings is 1. The Morgan fingerprint density at radius 1 is 1.05 bits per heavy atom. The molecule has 6 heterocycles. The van der Waals surface area contributed by atoms with Crippen LogP contribution in [0.4, 0.5) is 0 Å². The molecule has 0 unspecified atom stereocenters. The predicted molar refractivity (Wildman–Crippen MR) is 149 cm³/mol. The highest BCUT2D eigenvalue weighted by Gasteiger charge is 2.35. The monoisotopic (exact) mass is 559 g/mol. The van der Waals surface area contributed by atoms with Gasteiger partial charge in [-0.05, 0) is 54.8 Å². The highest BCUT2D eigenvalue weighted by molar-refractivity contribution is 5.92. The molecule has 1 fully saturated rings. The largest absolute Gasteiger partial charge is 0.493 e. The maximum atomic E-state index is 13.2. The van der Waals surface area contributed by atoms with Crippen LogP contribution in [0.15, 0.2) is 54.7 Å². The van der Waals surface area contributed by atoms with E-state index >= 15 is 0 Å². The second kappa shape index (κ2) is 12.7. The molecule has 214 valence electrons. The number of aromatic nitrogens is 2. The summed E-state index contributed by atoms with van der Waals surface area (Å²) in [5.41, 5.74) is 2.16. The van der Waals surface area contributed by atoms with Crippen molar-refractivity contribution in [2.75, 3.05) is 26.8 Å². The number of hydrogen-bond acceptors (Lipinski definition) is 8. The van der Waals surface area contributed by atoms with Gasteiger partial charge in [0, 0.05) is 38.7 Å². The van der Waals surface area contributed by atoms with Crippen molar-refractivity contribution in [3.8, 4) is 17.2 Å². The van der Waals surface area contributed by atoms with Gasteiger partial charge in [-0.25, -0.2) is 9.97 Å². The quantitative estimate of drug-likeness (QED) is 0.489. The number of carbonyl (C=O) groups is 3. The average Bonchev–Trinajstić information content (AvgIpc) is 2.98. The van der Waals surface area contributed by atoms with Crippen molar-refractivity contribution in [2.45, 2.75) is 44.9 Å². The molecular weight excluding hydrogens is 526 g/mol. The number of likely N-dealkylation sites (tertiary alicyclic amines) is 1. The van der Waals surface area contributed by atoms with Crippen molar-refractivity contribution < 1.29 is 28.6 Å². The highest BCUT2D eigenvalue weighted by Crippen LogP contribution is 2.29. The zero-order valence-corrected chi connectivity index (χ0v) is 23.1. The van der Waals surface area contributed by atoms with E-state index in [2.05, 4.69) is 20.6 Å². The van der Waals surface area contributed by atoms with Crippen molar-refractivity contribution in [3.63, 3.8) is 0 Å². The summed E-state index contributed by atoms with van der Waals surface area (Å²) in [6.45, 7) is 2.54. The maximum absolute atomic E-state index is 13.2. The summed E-state index contributed by atoms with van der Waals surface area (Å²) in [7, 11) is 1.52. The van der Waals surface area contributed by atoms with Gasteiger partial charge in [0.1, 0.15) is 23.4 Å². The number of benzene rings is 2. The smallest absolute Gasteiger partial charge is 0.272 e. The van der Waals surface area contributed by atoms with Crippen LogP contribution in [0.3, 0.4) is 0 Å². The summed E-state index contributed by atoms with van der Waals surface area (Å²) in [4.78, 5) is 48.7. The first-order valence-corrected chi connectivity index (χ1v) is 13.6. The van der Waals surface area contributed by atoms with Gasteiger partial charge in [0.15, 0.2) is 18.1 Å². The number of ether oxygens (including phenoxy) is 3. The molecule has 0 radical (unpaired) electrons. The van der Waals surface area contributed by atoms with Crippen LogP contribution in [0.2, 0.25) is 0 Å². The first-order valence-electron chi connectivity index (χ1n) is 13.6. The zero-order chi connectivity index (χ0) is 28.8. The number of carbonyl (C=O) groups excluding carboxylic acids is 3. The molecular formula is C30H33N5O6. The molecule has 11 nitrogen and oxygen atoms in total. The molecule has 2 N–H and O–H groups in total. The first kappa shape index (κ1) is 27.9. The molecule has 0 aliphatic carbocycles. The van der Waals surface area contributed by atoms with Crippen LogP contribution in [0.25, 0.3) is 0 Å². The number of methoxy groups -OCH3 is 1. The summed E-state index contributed by atoms with van der Waals surface area (Å²) in [6.07, 6.45) is 2.52. The SMILES string of the molecule is COc1cc2ccc1OCC(=O)N[C@@H]1CN(C(=O)c3ccnc(C)n3)CC[C@H]1Oc1ccc(cc1)CNC(=O)CC2. The van der Waals surface area contributed by atoms with Crippen LogP contribution in [-0.4, -0.2) is 71.5 Å². The van der Waals surface area contributed by atoms with E-state index in [9.17, 15) is 14.4 Å². The standard InChI is InChI=1S/C30H33N5O6/c1-19-31-13-11-23(33-19)30(38)35-14-12-25-24(17-35)34-29(37)18-40-26-9-5-20(15-27(26)39-2)6-10-28(36)32-16-21-3-7-22(41-25)8-4-21/h3-5,7-9,11,13,15,24-25H,6,10,12,14,16-18H2,1-2H3,(H,32,36)(H,34,37)/t24-,25-/m1/s1. The van der Waals surface area contributed by atoms with Gasteiger partial charge in [-0.3, -0.25) is 14.4 Å². The molecule has 0 saturated carbocycles. The summed E-state index contributed by atoms with van der Waals surface area (Å²) >= 11 is 0. The molecule has 3 amide bonds. The lowest BCUT2D eigenvalue weighted by atomic mass is 10.0. The third-order valence-electron chi connectivity index (χ3n) is 7.11. The molecule has 2 atom stereocenters. The number of rotatable bonds is 2. The van der Waals surface area contributed by atoms with Crippen LogP contribution in [-0.2, 0) is 22.6 Å². The van der Waals surface area contributed by atoms with Gasteiger partial charge in [-0.2, -0.15) is 0 Å². The zero-order valence-electron chi connectivity index (χ0n) is 23.1. The lowest BCUT2D eigenvalue weighted by Crippen LogP contribution is -2.58. The topological polar surface area (TPSA) is 132 Å². The van der Waals surface area contributed by atoms with Crippen LogP contribution in [0.5, 0.6) is 17.2 Å². The Hall–Kier alpha value is -4.67. The number of nitrogens with one attached hydrogen (secondary N) is 2. The Bertz CT molecular complexity index is 1410. The van der Waals surface area contributed by atoms with E-state index in [0.717, 1.165) is 11.1 Å². The normalized spacial score (nSPS) is 19.7. The van der Waals surface area contributed by atoms with Crippen LogP contribution in [0.1, 0.15) is 40.3 Å². The van der Waals surface area contributed by atoms with Gasteiger partial charge >= 0.3 is 0 Å². The van der Waals surface area contributed by atoms with Gasteiger partial charge in [-0.15, -0.1) is 0 Å². The second-order valence-corrected chi connectivity index (χ2v) is 10.1. The van der Waals surface area contributed by atoms with Crippen molar-refractivity contribution in [1.29, 1.82) is 0 Å². The molecule has 5 aliphatic rings. The number of hydrogen-bond donors (Lipinski definition) is 2. The number of nitrogens with zero attached hydrogens (tertiary/aromatic N) is 3. The molecule has 0 spiro atoms. The Morgan fingerprint density at radius 2 is 1.85 bits per heavy atom. The lowest BCUT2D eigenvalue weighted by Gasteiger charge is -2.38. The van der Waals surface area contributed by atoms with E-state index in [1.165, 1.54) is 7.11 Å². The summed E-state index contributed by atoms with van der Waals surface area (Å²) in [5, 5.41) is 5.96. The van der Waals surface area contributed by atoms with Crippen LogP contribution < -0.4 is 24.8 Å². The molecule has 2 aromatic carbocycles. The maximum Gasteiger partial charge on any atom is 0.272 e. The minimum Gasteiger partial charge on any atom is -0.493 e. The fourth-order valence-corrected chi connectivity index (χ4v) is 4.92. The third-order valence-corrected chi connectivity index (χ3v) is 7.11. The summed E-state index contributed by atoms with van der Waals surface area (Å²) in [5.74, 6) is 1.37. The van der Waals surface area contributed by atoms with Gasteiger partial charge in [0.25, 0.3) is 11.8 Å². The van der Waals surface area contributed by atoms with E-state index in [4.69, 9.17) is 14.2 Å². The van der Waals surface area contributed by atoms with Gasteiger partial charge in [0.05, 0.1) is 13.2 Å². The van der Waals surface area contributed by atoms with Crippen molar-refractivity contribution >= 4 is 17.7 Å². The Morgan fingerprint density at radius 3 is 2.63 bits per heavy atom. The molecule has 5 aliphatic heterocycles. The average molecular weight is 560 g/mol. The van der Waals surface area contributed by atoms with Crippen LogP contribution >= 0.6 is 0 Å². The molecule has 3 aromatic rings. The van der Waals surface area contributed by atoms with Gasteiger partial charge < -0.3 is 29.7 Å². The fourth-order valence-electron chi connectivity index (χ4n) is 4.92. The minimum absolute atomic E-state index is 0.0584. The molecule has 1 aromatic heterocycles. The molecule has 11 heteroatoms. The van der Waals surface area contributed by atoms with Gasteiger partial charge in [0.2, 0.25) is 5.91 Å². The Balaban J connectivity index is 1.37. The van der Waals surface area contributed by atoms with E-state index in [0.29, 0.717) is 61.1 Å². The third kappa shape index (κ3) is 7.10. The van der Waals surface area contributed by atoms with Crippen molar-refractivity contribution in [3.05, 3.63) is 77.4 Å². The summed E-state index contributed by atoms with van der Waals surface area (Å²) < 4.78 is 17.6. The number of amides is 3. The van der Waals surface area contributed by atoms with E-state index < -0.39 is 6.04 Å². The van der Waals surface area contributed by atoms with Crippen molar-refractivity contribution in [2.24, 2.45) is 0 Å². The molecule has 4 bridgehead atoms. The summed E-state index contributed by atoms with van der Waals surface area (Å²) in [6, 6.07) is 14.0. The highest BCUT2D eigenvalue weighted by atomic mass is 16.5. The lowest BCUT2D eigenvalue weighted by molar-refractivity contribution is -0.125.